The molecule has 1 atom stereocenters. The summed E-state index contributed by atoms with van der Waals surface area (Å²) >= 11 is 0. The Kier molecular flexibility index (Phi) is 6.30. The molecule has 2 N–H and O–H groups in total. The van der Waals surface area contributed by atoms with Crippen molar-refractivity contribution in [1.29, 1.82) is 0 Å². The maximum absolute atomic E-state index is 12.2. The van der Waals surface area contributed by atoms with Gasteiger partial charge in [0.1, 0.15) is 5.69 Å². The van der Waals surface area contributed by atoms with Crippen molar-refractivity contribution in [3.63, 3.8) is 0 Å². The maximum Gasteiger partial charge on any atom is 0.292 e. The largest absolute Gasteiger partial charge is 0.396 e. The third-order valence-electron chi connectivity index (χ3n) is 3.76. The highest BCUT2D eigenvalue weighted by atomic mass is 16.6. The van der Waals surface area contributed by atoms with Gasteiger partial charge < -0.3 is 15.3 Å². The highest BCUT2D eigenvalue weighted by Crippen LogP contribution is 2.26. The summed E-state index contributed by atoms with van der Waals surface area (Å²) in [6, 6.07) is 6.30. The fourth-order valence-electron chi connectivity index (χ4n) is 2.19. The number of nitro groups is 1. The van der Waals surface area contributed by atoms with Crippen LogP contribution in [0.2, 0.25) is 0 Å². The number of aliphatic hydroxyl groups is 1. The minimum absolute atomic E-state index is 0.00583. The van der Waals surface area contributed by atoms with Crippen molar-refractivity contribution in [1.82, 2.24) is 5.32 Å². The van der Waals surface area contributed by atoms with Gasteiger partial charge in [0.05, 0.1) is 11.5 Å². The Balaban J connectivity index is 2.78. The van der Waals surface area contributed by atoms with E-state index in [4.69, 9.17) is 5.11 Å². The molecule has 22 heavy (non-hydrogen) atoms. The molecule has 7 nitrogen and oxygen atoms in total. The van der Waals surface area contributed by atoms with Crippen LogP contribution in [0, 0.1) is 10.1 Å². The lowest BCUT2D eigenvalue weighted by atomic mass is 9.95. The van der Waals surface area contributed by atoms with Gasteiger partial charge in [0.25, 0.3) is 5.69 Å². The van der Waals surface area contributed by atoms with Gasteiger partial charge in [-0.25, -0.2) is 0 Å². The Labute approximate surface area is 130 Å². The number of nitrogens with one attached hydrogen (secondary N) is 1. The maximum atomic E-state index is 12.2. The van der Waals surface area contributed by atoms with Gasteiger partial charge in [-0.1, -0.05) is 19.1 Å². The quantitative estimate of drug-likeness (QED) is 0.563. The lowest BCUT2D eigenvalue weighted by Crippen LogP contribution is -2.49. The van der Waals surface area contributed by atoms with Gasteiger partial charge in [0.15, 0.2) is 0 Å². The first kappa shape index (κ1) is 17.9. The molecule has 0 heterocycles. The Morgan fingerprint density at radius 2 is 2.09 bits per heavy atom. The molecule has 1 unspecified atom stereocenters. The molecule has 0 saturated carbocycles. The second-order valence-electron chi connectivity index (χ2n) is 5.54. The van der Waals surface area contributed by atoms with Gasteiger partial charge in [0, 0.05) is 25.3 Å². The van der Waals surface area contributed by atoms with Crippen LogP contribution in [-0.4, -0.2) is 41.7 Å². The first-order valence-corrected chi connectivity index (χ1v) is 7.19. The average molecular weight is 309 g/mol. The standard InChI is InChI=1S/C15H23N3O4/c1-4-15(2,9-10-19)16-14(20)11-17(3)12-7-5-6-8-13(12)18(21)22/h5-8,19H,4,9-11H2,1-3H3,(H,16,20). The molecule has 0 fully saturated rings. The van der Waals surface area contributed by atoms with Crippen molar-refractivity contribution in [2.75, 3.05) is 25.1 Å². The zero-order valence-corrected chi connectivity index (χ0v) is 13.2. The fraction of sp³-hybridized carbons (Fsp3) is 0.533. The number of hydrogen-bond acceptors (Lipinski definition) is 5. The number of nitrogens with zero attached hydrogens (tertiary/aromatic N) is 2. The van der Waals surface area contributed by atoms with Crippen LogP contribution in [0.25, 0.3) is 0 Å². The number of likely N-dealkylation sites (N-methyl/N-ethyl adjacent to an activating group) is 1. The normalized spacial score (nSPS) is 13.3. The number of hydrogen-bond donors (Lipinski definition) is 2. The molecule has 122 valence electrons. The topological polar surface area (TPSA) is 95.7 Å². The summed E-state index contributed by atoms with van der Waals surface area (Å²) in [5.74, 6) is -0.238. The molecular weight excluding hydrogens is 286 g/mol. The van der Waals surface area contributed by atoms with Crippen molar-refractivity contribution in [3.05, 3.63) is 34.4 Å². The van der Waals surface area contributed by atoms with Crippen LogP contribution in [0.3, 0.4) is 0 Å². The van der Waals surface area contributed by atoms with Gasteiger partial charge in [0.2, 0.25) is 5.91 Å². The van der Waals surface area contributed by atoms with Crippen molar-refractivity contribution >= 4 is 17.3 Å². The zero-order chi connectivity index (χ0) is 16.8. The predicted octanol–water partition coefficient (Wildman–Crippen LogP) is 1.70. The van der Waals surface area contributed by atoms with E-state index in [0.717, 1.165) is 0 Å². The molecule has 0 spiro atoms. The zero-order valence-electron chi connectivity index (χ0n) is 13.2. The van der Waals surface area contributed by atoms with Crippen molar-refractivity contribution in [2.24, 2.45) is 0 Å². The Morgan fingerprint density at radius 1 is 1.45 bits per heavy atom. The number of amides is 1. The Bertz CT molecular complexity index is 535. The molecule has 0 aromatic heterocycles. The van der Waals surface area contributed by atoms with Crippen molar-refractivity contribution in [2.45, 2.75) is 32.2 Å². The number of benzene rings is 1. The van der Waals surface area contributed by atoms with Crippen molar-refractivity contribution in [3.8, 4) is 0 Å². The minimum Gasteiger partial charge on any atom is -0.396 e. The summed E-state index contributed by atoms with van der Waals surface area (Å²) < 4.78 is 0. The minimum atomic E-state index is -0.477. The van der Waals surface area contributed by atoms with E-state index in [2.05, 4.69) is 5.32 Å². The molecule has 0 saturated heterocycles. The van der Waals surface area contributed by atoms with Gasteiger partial charge in [-0.3, -0.25) is 14.9 Å². The summed E-state index contributed by atoms with van der Waals surface area (Å²) in [4.78, 5) is 24.3. The number of rotatable bonds is 8. The van der Waals surface area contributed by atoms with Gasteiger partial charge >= 0.3 is 0 Å². The highest BCUT2D eigenvalue weighted by molar-refractivity contribution is 5.83. The molecule has 1 aromatic rings. The van der Waals surface area contributed by atoms with E-state index >= 15 is 0 Å². The molecule has 1 aromatic carbocycles. The predicted molar refractivity (Wildman–Crippen MR) is 84.9 cm³/mol. The highest BCUT2D eigenvalue weighted by Gasteiger charge is 2.25. The van der Waals surface area contributed by atoms with Crippen LogP contribution in [0.4, 0.5) is 11.4 Å². The number of aliphatic hydroxyl groups excluding tert-OH is 1. The second kappa shape index (κ2) is 7.74. The van der Waals surface area contributed by atoms with E-state index in [1.165, 1.54) is 6.07 Å². The van der Waals surface area contributed by atoms with Crippen LogP contribution >= 0.6 is 0 Å². The number of para-hydroxylation sites is 2. The van der Waals surface area contributed by atoms with E-state index in [9.17, 15) is 14.9 Å². The number of anilines is 1. The van der Waals surface area contributed by atoms with Crippen LogP contribution in [0.5, 0.6) is 0 Å². The number of nitro benzene ring substituents is 1. The third kappa shape index (κ3) is 4.70. The molecule has 0 bridgehead atoms. The van der Waals surface area contributed by atoms with E-state index in [0.29, 0.717) is 18.5 Å². The van der Waals surface area contributed by atoms with Crippen LogP contribution in [0.15, 0.2) is 24.3 Å². The van der Waals surface area contributed by atoms with Crippen LogP contribution in [-0.2, 0) is 4.79 Å². The average Bonchev–Trinajstić information content (AvgIpc) is 2.47. The summed E-state index contributed by atoms with van der Waals surface area (Å²) in [5, 5.41) is 23.0. The molecular formula is C15H23N3O4. The van der Waals surface area contributed by atoms with Crippen molar-refractivity contribution < 1.29 is 14.8 Å². The van der Waals surface area contributed by atoms with Gasteiger partial charge in [-0.2, -0.15) is 0 Å². The van der Waals surface area contributed by atoms with Crippen LogP contribution < -0.4 is 10.2 Å². The Morgan fingerprint density at radius 3 is 2.64 bits per heavy atom. The monoisotopic (exact) mass is 309 g/mol. The number of carbonyl (C=O) groups is 1. The molecule has 0 aliphatic carbocycles. The summed E-state index contributed by atoms with van der Waals surface area (Å²) in [6.45, 7) is 3.80. The third-order valence-corrected chi connectivity index (χ3v) is 3.76. The molecule has 0 radical (unpaired) electrons. The fourth-order valence-corrected chi connectivity index (χ4v) is 2.19. The molecule has 0 aliphatic rings. The molecule has 1 rings (SSSR count). The Hall–Kier alpha value is -2.15. The lowest BCUT2D eigenvalue weighted by Gasteiger charge is -2.30. The summed E-state index contributed by atoms with van der Waals surface area (Å²) in [7, 11) is 1.64. The SMILES string of the molecule is CCC(C)(CCO)NC(=O)CN(C)c1ccccc1[N+](=O)[O-]. The summed E-state index contributed by atoms with van der Waals surface area (Å²) in [5.41, 5.74) is -0.121. The first-order chi connectivity index (χ1) is 10.3. The first-order valence-electron chi connectivity index (χ1n) is 7.19. The smallest absolute Gasteiger partial charge is 0.292 e. The molecule has 7 heteroatoms. The summed E-state index contributed by atoms with van der Waals surface area (Å²) in [6.07, 6.45) is 1.15. The lowest BCUT2D eigenvalue weighted by molar-refractivity contribution is -0.384. The molecule has 0 aliphatic heterocycles. The second-order valence-corrected chi connectivity index (χ2v) is 5.54. The number of carbonyl (C=O) groups excluding carboxylic acids is 1. The van der Waals surface area contributed by atoms with E-state index in [1.807, 2.05) is 13.8 Å². The van der Waals surface area contributed by atoms with E-state index in [1.54, 1.807) is 30.1 Å². The van der Waals surface area contributed by atoms with Gasteiger partial charge in [-0.15, -0.1) is 0 Å². The van der Waals surface area contributed by atoms with Gasteiger partial charge in [-0.05, 0) is 25.8 Å². The van der Waals surface area contributed by atoms with E-state index < -0.39 is 10.5 Å². The van der Waals surface area contributed by atoms with Crippen LogP contribution in [0.1, 0.15) is 26.7 Å². The molecule has 1 amide bonds. The van der Waals surface area contributed by atoms with E-state index in [-0.39, 0.29) is 24.7 Å².